The van der Waals surface area contributed by atoms with E-state index in [2.05, 4.69) is 0 Å². The summed E-state index contributed by atoms with van der Waals surface area (Å²) in [6.07, 6.45) is -1.87. The standard InChI is InChI=1S/C12H18O5/c1-7(13)11(14)8-5-9(15-2)12(17-4)10(6-8)16-3/h5-7,11,13-14H,1-4H3. The van der Waals surface area contributed by atoms with E-state index in [1.54, 1.807) is 12.1 Å². The van der Waals surface area contributed by atoms with Gasteiger partial charge >= 0.3 is 0 Å². The Morgan fingerprint density at radius 1 is 0.941 bits per heavy atom. The van der Waals surface area contributed by atoms with Gasteiger partial charge in [0.25, 0.3) is 0 Å². The summed E-state index contributed by atoms with van der Waals surface area (Å²) in [6, 6.07) is 3.22. The predicted molar refractivity (Wildman–Crippen MR) is 62.7 cm³/mol. The molecule has 1 aromatic carbocycles. The van der Waals surface area contributed by atoms with Crippen LogP contribution in [0.1, 0.15) is 18.6 Å². The van der Waals surface area contributed by atoms with E-state index in [0.717, 1.165) is 0 Å². The Balaban J connectivity index is 3.27. The molecule has 5 nitrogen and oxygen atoms in total. The Morgan fingerprint density at radius 3 is 1.71 bits per heavy atom. The molecule has 17 heavy (non-hydrogen) atoms. The predicted octanol–water partition coefficient (Wildman–Crippen LogP) is 1.13. The second kappa shape index (κ2) is 5.75. The van der Waals surface area contributed by atoms with E-state index >= 15 is 0 Å². The number of hydrogen-bond acceptors (Lipinski definition) is 5. The van der Waals surface area contributed by atoms with Crippen LogP contribution in [0.25, 0.3) is 0 Å². The van der Waals surface area contributed by atoms with Crippen molar-refractivity contribution in [3.05, 3.63) is 17.7 Å². The maximum atomic E-state index is 9.80. The summed E-state index contributed by atoms with van der Waals surface area (Å²) in [5, 5.41) is 19.2. The first kappa shape index (κ1) is 13.6. The van der Waals surface area contributed by atoms with Gasteiger partial charge in [-0.2, -0.15) is 0 Å². The Kier molecular flexibility index (Phi) is 4.60. The molecule has 0 saturated carbocycles. The zero-order valence-electron chi connectivity index (χ0n) is 10.4. The van der Waals surface area contributed by atoms with E-state index in [-0.39, 0.29) is 0 Å². The molecule has 0 spiro atoms. The largest absolute Gasteiger partial charge is 0.493 e. The molecule has 0 aliphatic carbocycles. The number of methoxy groups -OCH3 is 3. The highest BCUT2D eigenvalue weighted by atomic mass is 16.5. The van der Waals surface area contributed by atoms with Gasteiger partial charge in [-0.05, 0) is 24.6 Å². The lowest BCUT2D eigenvalue weighted by molar-refractivity contribution is 0.0302. The lowest BCUT2D eigenvalue weighted by atomic mass is 10.0. The number of hydrogen-bond donors (Lipinski definition) is 2. The van der Waals surface area contributed by atoms with Gasteiger partial charge < -0.3 is 24.4 Å². The molecule has 1 rings (SSSR count). The number of ether oxygens (including phenoxy) is 3. The molecular weight excluding hydrogens is 224 g/mol. The highest BCUT2D eigenvalue weighted by Crippen LogP contribution is 2.40. The van der Waals surface area contributed by atoms with E-state index in [1.807, 2.05) is 0 Å². The van der Waals surface area contributed by atoms with E-state index in [0.29, 0.717) is 22.8 Å². The van der Waals surface area contributed by atoms with Crippen LogP contribution in [0.15, 0.2) is 12.1 Å². The van der Waals surface area contributed by atoms with E-state index < -0.39 is 12.2 Å². The summed E-state index contributed by atoms with van der Waals surface area (Å²) in [4.78, 5) is 0. The lowest BCUT2D eigenvalue weighted by Crippen LogP contribution is -2.14. The molecule has 0 fully saturated rings. The SMILES string of the molecule is COc1cc(C(O)C(C)O)cc(OC)c1OC. The van der Waals surface area contributed by atoms with Crippen molar-refractivity contribution in [2.75, 3.05) is 21.3 Å². The van der Waals surface area contributed by atoms with Crippen molar-refractivity contribution in [3.8, 4) is 17.2 Å². The van der Waals surface area contributed by atoms with Gasteiger partial charge in [0.2, 0.25) is 5.75 Å². The Morgan fingerprint density at radius 2 is 1.41 bits per heavy atom. The summed E-state index contributed by atoms with van der Waals surface area (Å²) in [5.74, 6) is 1.35. The molecule has 1 aromatic rings. The molecule has 96 valence electrons. The second-order valence-electron chi connectivity index (χ2n) is 3.64. The van der Waals surface area contributed by atoms with Crippen LogP contribution in [0, 0.1) is 0 Å². The number of benzene rings is 1. The minimum absolute atomic E-state index is 0.446. The fraction of sp³-hybridized carbons (Fsp3) is 0.500. The Labute approximate surface area is 101 Å². The average Bonchev–Trinajstić information content (AvgIpc) is 2.35. The Hall–Kier alpha value is -1.46. The van der Waals surface area contributed by atoms with Crippen LogP contribution in [-0.2, 0) is 0 Å². The van der Waals surface area contributed by atoms with Crippen molar-refractivity contribution in [2.45, 2.75) is 19.1 Å². The zero-order chi connectivity index (χ0) is 13.0. The van der Waals surface area contributed by atoms with Crippen molar-refractivity contribution < 1.29 is 24.4 Å². The summed E-state index contributed by atoms with van der Waals surface area (Å²) in [5.41, 5.74) is 0.509. The molecule has 0 saturated heterocycles. The highest BCUT2D eigenvalue weighted by Gasteiger charge is 2.19. The van der Waals surface area contributed by atoms with E-state index in [4.69, 9.17) is 14.2 Å². The van der Waals surface area contributed by atoms with Crippen molar-refractivity contribution in [1.82, 2.24) is 0 Å². The van der Waals surface area contributed by atoms with Crippen molar-refractivity contribution in [1.29, 1.82) is 0 Å². The Bertz CT molecular complexity index is 350. The molecule has 0 heterocycles. The van der Waals surface area contributed by atoms with Crippen LogP contribution in [0.2, 0.25) is 0 Å². The van der Waals surface area contributed by atoms with Crippen LogP contribution in [-0.4, -0.2) is 37.6 Å². The lowest BCUT2D eigenvalue weighted by Gasteiger charge is -2.18. The first-order valence-electron chi connectivity index (χ1n) is 5.21. The average molecular weight is 242 g/mol. The molecule has 0 aliphatic rings. The van der Waals surface area contributed by atoms with Crippen LogP contribution in [0.5, 0.6) is 17.2 Å². The van der Waals surface area contributed by atoms with Gasteiger partial charge in [0.1, 0.15) is 6.10 Å². The van der Waals surface area contributed by atoms with Gasteiger partial charge in [0.15, 0.2) is 11.5 Å². The van der Waals surface area contributed by atoms with Crippen LogP contribution in [0.3, 0.4) is 0 Å². The molecule has 2 atom stereocenters. The third kappa shape index (κ3) is 2.81. The topological polar surface area (TPSA) is 68.2 Å². The number of rotatable bonds is 5. The maximum absolute atomic E-state index is 9.80. The molecule has 0 aliphatic heterocycles. The number of aliphatic hydroxyl groups excluding tert-OH is 2. The highest BCUT2D eigenvalue weighted by molar-refractivity contribution is 5.54. The van der Waals surface area contributed by atoms with Gasteiger partial charge in [-0.3, -0.25) is 0 Å². The second-order valence-corrected chi connectivity index (χ2v) is 3.64. The maximum Gasteiger partial charge on any atom is 0.203 e. The third-order valence-corrected chi connectivity index (χ3v) is 2.49. The van der Waals surface area contributed by atoms with Gasteiger partial charge in [0, 0.05) is 0 Å². The van der Waals surface area contributed by atoms with Crippen molar-refractivity contribution >= 4 is 0 Å². The molecule has 0 aromatic heterocycles. The smallest absolute Gasteiger partial charge is 0.203 e. The molecular formula is C12H18O5. The molecule has 2 unspecified atom stereocenters. The zero-order valence-corrected chi connectivity index (χ0v) is 10.4. The van der Waals surface area contributed by atoms with Crippen LogP contribution < -0.4 is 14.2 Å². The van der Waals surface area contributed by atoms with Gasteiger partial charge in [-0.1, -0.05) is 0 Å². The van der Waals surface area contributed by atoms with Crippen LogP contribution in [0.4, 0.5) is 0 Å². The quantitative estimate of drug-likeness (QED) is 0.810. The monoisotopic (exact) mass is 242 g/mol. The summed E-state index contributed by atoms with van der Waals surface area (Å²) >= 11 is 0. The summed E-state index contributed by atoms with van der Waals surface area (Å²) < 4.78 is 15.5. The first-order valence-corrected chi connectivity index (χ1v) is 5.21. The van der Waals surface area contributed by atoms with E-state index in [1.165, 1.54) is 28.3 Å². The number of aliphatic hydroxyl groups is 2. The first-order chi connectivity index (χ1) is 8.04. The van der Waals surface area contributed by atoms with Gasteiger partial charge in [-0.15, -0.1) is 0 Å². The fourth-order valence-corrected chi connectivity index (χ4v) is 1.55. The minimum atomic E-state index is -0.997. The van der Waals surface area contributed by atoms with Gasteiger partial charge in [0.05, 0.1) is 27.4 Å². The van der Waals surface area contributed by atoms with Crippen LogP contribution >= 0.6 is 0 Å². The molecule has 2 N–H and O–H groups in total. The summed E-state index contributed by atoms with van der Waals surface area (Å²) in [7, 11) is 4.50. The summed E-state index contributed by atoms with van der Waals surface area (Å²) in [6.45, 7) is 1.51. The minimum Gasteiger partial charge on any atom is -0.493 e. The molecule has 0 radical (unpaired) electrons. The van der Waals surface area contributed by atoms with Crippen molar-refractivity contribution in [2.24, 2.45) is 0 Å². The van der Waals surface area contributed by atoms with Gasteiger partial charge in [-0.25, -0.2) is 0 Å². The van der Waals surface area contributed by atoms with E-state index in [9.17, 15) is 10.2 Å². The normalized spacial score (nSPS) is 14.0. The molecule has 5 heteroatoms. The third-order valence-electron chi connectivity index (χ3n) is 2.49. The van der Waals surface area contributed by atoms with Crippen molar-refractivity contribution in [3.63, 3.8) is 0 Å². The molecule has 0 bridgehead atoms. The fourth-order valence-electron chi connectivity index (χ4n) is 1.55. The molecule has 0 amide bonds.